The molecule has 3 rings (SSSR count). The van der Waals surface area contributed by atoms with Crippen LogP contribution in [0.25, 0.3) is 11.0 Å². The van der Waals surface area contributed by atoms with E-state index in [4.69, 9.17) is 5.73 Å². The number of aromatic nitrogens is 2. The molecule has 1 aliphatic carbocycles. The van der Waals surface area contributed by atoms with Crippen molar-refractivity contribution in [1.29, 1.82) is 0 Å². The molecule has 5 heteroatoms. The molecule has 118 valence electrons. The van der Waals surface area contributed by atoms with Crippen molar-refractivity contribution in [3.63, 3.8) is 0 Å². The molecule has 1 aromatic heterocycles. The minimum Gasteiger partial charge on any atom is -0.346 e. The summed E-state index contributed by atoms with van der Waals surface area (Å²) < 4.78 is 0. The Morgan fingerprint density at radius 3 is 2.77 bits per heavy atom. The molecule has 2 aromatic rings. The van der Waals surface area contributed by atoms with Crippen molar-refractivity contribution in [3.05, 3.63) is 30.1 Å². The van der Waals surface area contributed by atoms with Gasteiger partial charge in [-0.2, -0.15) is 0 Å². The number of para-hydroxylation sites is 2. The first-order valence-corrected chi connectivity index (χ1v) is 8.05. The highest BCUT2D eigenvalue weighted by Gasteiger charge is 2.30. The van der Waals surface area contributed by atoms with Crippen molar-refractivity contribution in [2.45, 2.75) is 45.2 Å². The molecule has 1 saturated carbocycles. The highest BCUT2D eigenvalue weighted by atomic mass is 16.2. The normalized spacial score (nSPS) is 23.1. The molecule has 3 atom stereocenters. The van der Waals surface area contributed by atoms with Crippen molar-refractivity contribution in [2.75, 3.05) is 0 Å². The zero-order valence-electron chi connectivity index (χ0n) is 13.2. The Kier molecular flexibility index (Phi) is 4.16. The van der Waals surface area contributed by atoms with Gasteiger partial charge >= 0.3 is 0 Å². The zero-order valence-corrected chi connectivity index (χ0v) is 13.2. The summed E-state index contributed by atoms with van der Waals surface area (Å²) >= 11 is 0. The SMILES string of the molecule is CC(C)C(NC(=O)C1CCC(N)C1)c1nc2ccccc2[nH]1. The maximum atomic E-state index is 12.5. The average Bonchev–Trinajstić information content (AvgIpc) is 3.09. The third kappa shape index (κ3) is 2.99. The zero-order chi connectivity index (χ0) is 15.7. The van der Waals surface area contributed by atoms with Gasteiger partial charge in [0.2, 0.25) is 5.91 Å². The van der Waals surface area contributed by atoms with Gasteiger partial charge in [-0.05, 0) is 37.3 Å². The number of benzene rings is 1. The Morgan fingerprint density at radius 2 is 2.14 bits per heavy atom. The van der Waals surface area contributed by atoms with Crippen molar-refractivity contribution in [2.24, 2.45) is 17.6 Å². The van der Waals surface area contributed by atoms with Gasteiger partial charge in [-0.15, -0.1) is 0 Å². The van der Waals surface area contributed by atoms with Gasteiger partial charge in [0.05, 0.1) is 17.1 Å². The van der Waals surface area contributed by atoms with Crippen LogP contribution in [-0.4, -0.2) is 21.9 Å². The van der Waals surface area contributed by atoms with Crippen LogP contribution < -0.4 is 11.1 Å². The van der Waals surface area contributed by atoms with Crippen LogP contribution in [0.3, 0.4) is 0 Å². The highest BCUT2D eigenvalue weighted by Crippen LogP contribution is 2.27. The number of nitrogens with two attached hydrogens (primary N) is 1. The molecule has 3 unspecified atom stereocenters. The van der Waals surface area contributed by atoms with Crippen LogP contribution in [0.2, 0.25) is 0 Å². The topological polar surface area (TPSA) is 83.8 Å². The molecule has 5 nitrogen and oxygen atoms in total. The Bertz CT molecular complexity index is 630. The summed E-state index contributed by atoms with van der Waals surface area (Å²) in [6, 6.07) is 7.99. The maximum Gasteiger partial charge on any atom is 0.223 e. The number of carbonyl (C=O) groups is 1. The highest BCUT2D eigenvalue weighted by molar-refractivity contribution is 5.80. The monoisotopic (exact) mass is 300 g/mol. The molecule has 1 aliphatic rings. The largest absolute Gasteiger partial charge is 0.346 e. The quantitative estimate of drug-likeness (QED) is 0.811. The second kappa shape index (κ2) is 6.08. The molecular formula is C17H24N4O. The van der Waals surface area contributed by atoms with E-state index in [1.54, 1.807) is 0 Å². The van der Waals surface area contributed by atoms with E-state index < -0.39 is 0 Å². The van der Waals surface area contributed by atoms with Crippen LogP contribution in [0.4, 0.5) is 0 Å². The summed E-state index contributed by atoms with van der Waals surface area (Å²) in [5.74, 6) is 1.24. The first-order chi connectivity index (χ1) is 10.5. The minimum atomic E-state index is -0.100. The fourth-order valence-corrected chi connectivity index (χ4v) is 3.20. The molecule has 0 radical (unpaired) electrons. The number of amides is 1. The first kappa shape index (κ1) is 15.0. The Morgan fingerprint density at radius 1 is 1.36 bits per heavy atom. The van der Waals surface area contributed by atoms with E-state index in [0.29, 0.717) is 0 Å². The van der Waals surface area contributed by atoms with Gasteiger partial charge in [-0.1, -0.05) is 26.0 Å². The van der Waals surface area contributed by atoms with Gasteiger partial charge in [0.15, 0.2) is 0 Å². The molecule has 0 aliphatic heterocycles. The summed E-state index contributed by atoms with van der Waals surface area (Å²) in [5.41, 5.74) is 7.85. The fraction of sp³-hybridized carbons (Fsp3) is 0.529. The van der Waals surface area contributed by atoms with Crippen LogP contribution in [0.5, 0.6) is 0 Å². The Balaban J connectivity index is 1.79. The van der Waals surface area contributed by atoms with Crippen LogP contribution in [-0.2, 0) is 4.79 Å². The summed E-state index contributed by atoms with van der Waals surface area (Å²) in [5, 5.41) is 3.17. The Labute approximate surface area is 130 Å². The lowest BCUT2D eigenvalue weighted by Crippen LogP contribution is -2.36. The van der Waals surface area contributed by atoms with E-state index in [9.17, 15) is 4.79 Å². The molecule has 1 aromatic carbocycles. The second-order valence-corrected chi connectivity index (χ2v) is 6.64. The lowest BCUT2D eigenvalue weighted by Gasteiger charge is -2.22. The number of hydrogen-bond donors (Lipinski definition) is 3. The first-order valence-electron chi connectivity index (χ1n) is 8.05. The number of rotatable bonds is 4. The van der Waals surface area contributed by atoms with Gasteiger partial charge in [-0.3, -0.25) is 4.79 Å². The minimum absolute atomic E-state index is 0.0422. The summed E-state index contributed by atoms with van der Waals surface area (Å²) in [6.07, 6.45) is 2.61. The van der Waals surface area contributed by atoms with Gasteiger partial charge in [0.25, 0.3) is 0 Å². The van der Waals surface area contributed by atoms with Crippen LogP contribution in [0.15, 0.2) is 24.3 Å². The van der Waals surface area contributed by atoms with Crippen LogP contribution in [0, 0.1) is 11.8 Å². The summed E-state index contributed by atoms with van der Waals surface area (Å²) in [7, 11) is 0. The van der Waals surface area contributed by atoms with Crippen molar-refractivity contribution >= 4 is 16.9 Å². The fourth-order valence-electron chi connectivity index (χ4n) is 3.20. The smallest absolute Gasteiger partial charge is 0.223 e. The van der Waals surface area contributed by atoms with E-state index in [0.717, 1.165) is 36.1 Å². The third-order valence-corrected chi connectivity index (χ3v) is 4.51. The lowest BCUT2D eigenvalue weighted by atomic mass is 10.0. The molecule has 0 bridgehead atoms. The van der Waals surface area contributed by atoms with E-state index in [1.165, 1.54) is 0 Å². The molecule has 1 amide bonds. The summed E-state index contributed by atoms with van der Waals surface area (Å²) in [4.78, 5) is 20.5. The molecule has 0 saturated heterocycles. The molecule has 0 spiro atoms. The number of hydrogen-bond acceptors (Lipinski definition) is 3. The average molecular weight is 300 g/mol. The molecule has 4 N–H and O–H groups in total. The van der Waals surface area contributed by atoms with E-state index in [-0.39, 0.29) is 29.8 Å². The van der Waals surface area contributed by atoms with Crippen molar-refractivity contribution < 1.29 is 4.79 Å². The van der Waals surface area contributed by atoms with Gasteiger partial charge in [0.1, 0.15) is 5.82 Å². The number of H-pyrrole nitrogens is 1. The molecular weight excluding hydrogens is 276 g/mol. The predicted octanol–water partition coefficient (Wildman–Crippen LogP) is 2.50. The summed E-state index contributed by atoms with van der Waals surface area (Å²) in [6.45, 7) is 4.19. The second-order valence-electron chi connectivity index (χ2n) is 6.64. The predicted molar refractivity (Wildman–Crippen MR) is 87.1 cm³/mol. The van der Waals surface area contributed by atoms with E-state index in [2.05, 4.69) is 29.1 Å². The number of nitrogens with zero attached hydrogens (tertiary/aromatic N) is 1. The lowest BCUT2D eigenvalue weighted by molar-refractivity contribution is -0.126. The van der Waals surface area contributed by atoms with E-state index >= 15 is 0 Å². The van der Waals surface area contributed by atoms with Gasteiger partial charge < -0.3 is 16.0 Å². The van der Waals surface area contributed by atoms with Gasteiger partial charge in [-0.25, -0.2) is 4.98 Å². The number of fused-ring (bicyclic) bond motifs is 1. The number of imidazole rings is 1. The molecule has 22 heavy (non-hydrogen) atoms. The van der Waals surface area contributed by atoms with Crippen molar-refractivity contribution in [3.8, 4) is 0 Å². The van der Waals surface area contributed by atoms with E-state index in [1.807, 2.05) is 24.3 Å². The molecule has 1 fully saturated rings. The number of nitrogens with one attached hydrogen (secondary N) is 2. The Hall–Kier alpha value is -1.88. The number of aromatic amines is 1. The third-order valence-electron chi connectivity index (χ3n) is 4.51. The van der Waals surface area contributed by atoms with Crippen LogP contribution in [0.1, 0.15) is 45.0 Å². The van der Waals surface area contributed by atoms with Crippen molar-refractivity contribution in [1.82, 2.24) is 15.3 Å². The maximum absolute atomic E-state index is 12.5. The molecule has 1 heterocycles. The van der Waals surface area contributed by atoms with Gasteiger partial charge in [0, 0.05) is 12.0 Å². The standard InChI is InChI=1S/C17H24N4O/c1-10(2)15(21-17(22)11-7-8-12(18)9-11)16-19-13-5-3-4-6-14(13)20-16/h3-6,10-12,15H,7-9,18H2,1-2H3,(H,19,20)(H,21,22). The number of carbonyl (C=O) groups excluding carboxylic acids is 1. The van der Waals surface area contributed by atoms with Crippen LogP contribution >= 0.6 is 0 Å².